The van der Waals surface area contributed by atoms with Crippen molar-refractivity contribution in [1.29, 1.82) is 0 Å². The number of amides is 1. The first-order valence-corrected chi connectivity index (χ1v) is 6.23. The van der Waals surface area contributed by atoms with Crippen molar-refractivity contribution in [3.05, 3.63) is 57.4 Å². The second-order valence-electron chi connectivity index (χ2n) is 3.60. The van der Waals surface area contributed by atoms with Gasteiger partial charge in [-0.3, -0.25) is 9.78 Å². The number of nitrogens with one attached hydrogen (secondary N) is 1. The Labute approximate surface area is 113 Å². The summed E-state index contributed by atoms with van der Waals surface area (Å²) in [7, 11) is 0. The molecule has 1 aromatic carbocycles. The molecule has 0 spiro atoms. The summed E-state index contributed by atoms with van der Waals surface area (Å²) < 4.78 is 1.14. The molecule has 0 aliphatic heterocycles. The quantitative estimate of drug-likeness (QED) is 0.854. The van der Waals surface area contributed by atoms with Crippen LogP contribution in [0.1, 0.15) is 16.1 Å². The number of anilines is 1. The highest BCUT2D eigenvalue weighted by Crippen LogP contribution is 2.13. The molecule has 1 N–H and O–H groups in total. The van der Waals surface area contributed by atoms with Crippen molar-refractivity contribution >= 4 is 34.2 Å². The molecular weight excluding hydrogens is 327 g/mol. The van der Waals surface area contributed by atoms with E-state index in [1.165, 1.54) is 0 Å². The molecule has 0 aliphatic rings. The van der Waals surface area contributed by atoms with E-state index >= 15 is 0 Å². The maximum atomic E-state index is 12.0. The van der Waals surface area contributed by atoms with Crippen LogP contribution in [-0.2, 0) is 0 Å². The Bertz CT molecular complexity index is 537. The number of carbonyl (C=O) groups excluding carboxylic acids is 1. The standard InChI is InChI=1S/C13H11IN2O/c1-9-12(3-2-8-15-9)13(17)16-11-6-4-10(14)5-7-11/h2-8H,1H3,(H,16,17). The predicted octanol–water partition coefficient (Wildman–Crippen LogP) is 3.25. The van der Waals surface area contributed by atoms with Crippen LogP contribution in [0.3, 0.4) is 0 Å². The fourth-order valence-corrected chi connectivity index (χ4v) is 1.82. The Morgan fingerprint density at radius 3 is 2.59 bits per heavy atom. The summed E-state index contributed by atoms with van der Waals surface area (Å²) in [6.45, 7) is 1.82. The normalized spacial score (nSPS) is 10.0. The summed E-state index contributed by atoms with van der Waals surface area (Å²) in [6.07, 6.45) is 1.68. The van der Waals surface area contributed by atoms with E-state index in [1.54, 1.807) is 18.3 Å². The lowest BCUT2D eigenvalue weighted by Gasteiger charge is -2.06. The van der Waals surface area contributed by atoms with E-state index < -0.39 is 0 Å². The fraction of sp³-hybridized carbons (Fsp3) is 0.0769. The Hall–Kier alpha value is -1.43. The summed E-state index contributed by atoms with van der Waals surface area (Å²) >= 11 is 2.22. The van der Waals surface area contributed by atoms with Gasteiger partial charge in [-0.2, -0.15) is 0 Å². The van der Waals surface area contributed by atoms with Crippen LogP contribution < -0.4 is 5.32 Å². The summed E-state index contributed by atoms with van der Waals surface area (Å²) in [5.41, 5.74) is 2.13. The molecule has 0 bridgehead atoms. The Balaban J connectivity index is 2.17. The van der Waals surface area contributed by atoms with Gasteiger partial charge in [0.1, 0.15) is 0 Å². The smallest absolute Gasteiger partial charge is 0.257 e. The molecule has 86 valence electrons. The molecule has 0 fully saturated rings. The van der Waals surface area contributed by atoms with E-state index in [2.05, 4.69) is 32.9 Å². The maximum Gasteiger partial charge on any atom is 0.257 e. The Morgan fingerprint density at radius 2 is 1.94 bits per heavy atom. The van der Waals surface area contributed by atoms with Gasteiger partial charge in [-0.25, -0.2) is 0 Å². The average molecular weight is 338 g/mol. The van der Waals surface area contributed by atoms with E-state index in [9.17, 15) is 4.79 Å². The summed E-state index contributed by atoms with van der Waals surface area (Å²) in [4.78, 5) is 16.1. The molecule has 3 nitrogen and oxygen atoms in total. The second-order valence-corrected chi connectivity index (χ2v) is 4.84. The van der Waals surface area contributed by atoms with Crippen LogP contribution in [0.25, 0.3) is 0 Å². The van der Waals surface area contributed by atoms with E-state index in [0.717, 1.165) is 15.0 Å². The maximum absolute atomic E-state index is 12.0. The van der Waals surface area contributed by atoms with Crippen molar-refractivity contribution in [2.75, 3.05) is 5.32 Å². The van der Waals surface area contributed by atoms with Crippen LogP contribution in [0.5, 0.6) is 0 Å². The number of hydrogen-bond acceptors (Lipinski definition) is 2. The monoisotopic (exact) mass is 338 g/mol. The predicted molar refractivity (Wildman–Crippen MR) is 76.1 cm³/mol. The topological polar surface area (TPSA) is 42.0 Å². The second kappa shape index (κ2) is 5.27. The minimum Gasteiger partial charge on any atom is -0.322 e. The number of rotatable bonds is 2. The van der Waals surface area contributed by atoms with Gasteiger partial charge >= 0.3 is 0 Å². The number of benzene rings is 1. The summed E-state index contributed by atoms with van der Waals surface area (Å²) in [6, 6.07) is 11.2. The third-order valence-electron chi connectivity index (χ3n) is 2.35. The van der Waals surface area contributed by atoms with Gasteiger partial charge in [0.05, 0.1) is 5.56 Å². The molecule has 0 aliphatic carbocycles. The van der Waals surface area contributed by atoms with Crippen LogP contribution in [0, 0.1) is 10.5 Å². The van der Waals surface area contributed by atoms with Gasteiger partial charge in [0.15, 0.2) is 0 Å². The zero-order valence-corrected chi connectivity index (χ0v) is 11.4. The first-order valence-electron chi connectivity index (χ1n) is 5.15. The molecule has 0 atom stereocenters. The highest BCUT2D eigenvalue weighted by molar-refractivity contribution is 14.1. The van der Waals surface area contributed by atoms with Crippen molar-refractivity contribution in [3.8, 4) is 0 Å². The summed E-state index contributed by atoms with van der Waals surface area (Å²) in [5.74, 6) is -0.128. The Morgan fingerprint density at radius 1 is 1.24 bits per heavy atom. The van der Waals surface area contributed by atoms with Crippen molar-refractivity contribution in [2.45, 2.75) is 6.92 Å². The highest BCUT2D eigenvalue weighted by Gasteiger charge is 2.08. The fourth-order valence-electron chi connectivity index (χ4n) is 1.46. The molecule has 4 heteroatoms. The van der Waals surface area contributed by atoms with E-state index in [4.69, 9.17) is 0 Å². The highest BCUT2D eigenvalue weighted by atomic mass is 127. The van der Waals surface area contributed by atoms with Crippen molar-refractivity contribution in [2.24, 2.45) is 0 Å². The van der Waals surface area contributed by atoms with Crippen LogP contribution in [0.2, 0.25) is 0 Å². The lowest BCUT2D eigenvalue weighted by molar-refractivity contribution is 0.102. The number of aromatic nitrogens is 1. The van der Waals surface area contributed by atoms with Gasteiger partial charge in [0.2, 0.25) is 0 Å². The zero-order chi connectivity index (χ0) is 12.3. The minimum atomic E-state index is -0.128. The van der Waals surface area contributed by atoms with Gasteiger partial charge in [-0.1, -0.05) is 0 Å². The largest absolute Gasteiger partial charge is 0.322 e. The lowest BCUT2D eigenvalue weighted by Crippen LogP contribution is -2.13. The molecule has 2 aromatic rings. The zero-order valence-electron chi connectivity index (χ0n) is 9.27. The van der Waals surface area contributed by atoms with Gasteiger partial charge < -0.3 is 5.32 Å². The molecular formula is C13H11IN2O. The number of hydrogen-bond donors (Lipinski definition) is 1. The van der Waals surface area contributed by atoms with Crippen molar-refractivity contribution in [1.82, 2.24) is 4.98 Å². The number of carbonyl (C=O) groups is 1. The third kappa shape index (κ3) is 3.03. The average Bonchev–Trinajstić information content (AvgIpc) is 2.32. The van der Waals surface area contributed by atoms with Crippen LogP contribution >= 0.6 is 22.6 Å². The first-order chi connectivity index (χ1) is 8.16. The van der Waals surface area contributed by atoms with Gasteiger partial charge in [-0.05, 0) is 65.9 Å². The van der Waals surface area contributed by atoms with Crippen molar-refractivity contribution < 1.29 is 4.79 Å². The molecule has 0 radical (unpaired) electrons. The SMILES string of the molecule is Cc1ncccc1C(=O)Nc1ccc(I)cc1. The molecule has 1 aromatic heterocycles. The van der Waals surface area contributed by atoms with E-state index in [-0.39, 0.29) is 5.91 Å². The van der Waals surface area contributed by atoms with Crippen LogP contribution in [0.15, 0.2) is 42.6 Å². The molecule has 0 unspecified atom stereocenters. The van der Waals surface area contributed by atoms with E-state index in [1.807, 2.05) is 31.2 Å². The van der Waals surface area contributed by atoms with E-state index in [0.29, 0.717) is 5.56 Å². The van der Waals surface area contributed by atoms with Crippen molar-refractivity contribution in [3.63, 3.8) is 0 Å². The molecule has 1 amide bonds. The third-order valence-corrected chi connectivity index (χ3v) is 3.07. The first kappa shape index (κ1) is 12.0. The molecule has 2 rings (SSSR count). The number of halogens is 1. The molecule has 0 saturated heterocycles. The van der Waals surface area contributed by atoms with Crippen LogP contribution in [-0.4, -0.2) is 10.9 Å². The minimum absolute atomic E-state index is 0.128. The summed E-state index contributed by atoms with van der Waals surface area (Å²) in [5, 5.41) is 2.84. The molecule has 1 heterocycles. The number of pyridine rings is 1. The number of nitrogens with zero attached hydrogens (tertiary/aromatic N) is 1. The van der Waals surface area contributed by atoms with Gasteiger partial charge in [-0.15, -0.1) is 0 Å². The number of aryl methyl sites for hydroxylation is 1. The van der Waals surface area contributed by atoms with Crippen LogP contribution in [0.4, 0.5) is 5.69 Å². The Kier molecular flexibility index (Phi) is 3.73. The van der Waals surface area contributed by atoms with Gasteiger partial charge in [0, 0.05) is 21.1 Å². The molecule has 17 heavy (non-hydrogen) atoms. The molecule has 0 saturated carbocycles. The lowest BCUT2D eigenvalue weighted by atomic mass is 10.2. The van der Waals surface area contributed by atoms with Gasteiger partial charge in [0.25, 0.3) is 5.91 Å².